The molecular formula is C16H13F2NO5. The molecule has 0 saturated heterocycles. The first-order valence-corrected chi connectivity index (χ1v) is 6.75. The lowest BCUT2D eigenvalue weighted by atomic mass is 10.2. The van der Waals surface area contributed by atoms with E-state index in [0.717, 1.165) is 23.8 Å². The number of carbonyl (C=O) groups excluding carboxylic acids is 1. The Morgan fingerprint density at radius 1 is 1.12 bits per heavy atom. The van der Waals surface area contributed by atoms with Crippen LogP contribution in [0.15, 0.2) is 48.5 Å². The fourth-order valence-electron chi connectivity index (χ4n) is 1.82. The second-order valence-corrected chi connectivity index (χ2v) is 4.58. The molecule has 2 aromatic carbocycles. The number of alkyl halides is 2. The summed E-state index contributed by atoms with van der Waals surface area (Å²) in [4.78, 5) is 22.6. The van der Waals surface area contributed by atoms with Crippen molar-refractivity contribution in [3.8, 4) is 5.75 Å². The van der Waals surface area contributed by atoms with Crippen LogP contribution in [0.4, 0.5) is 19.3 Å². The number of halogens is 2. The molecule has 24 heavy (non-hydrogen) atoms. The predicted molar refractivity (Wildman–Crippen MR) is 80.3 cm³/mol. The monoisotopic (exact) mass is 337 g/mol. The van der Waals surface area contributed by atoms with E-state index in [-0.39, 0.29) is 17.9 Å². The summed E-state index contributed by atoms with van der Waals surface area (Å²) < 4.78 is 34.0. The standard InChI is InChI=1S/C16H13F2NO5/c17-15(18)24-13-8-11(14(20)21)6-7-12(13)19-16(22)23-9-10-4-2-1-3-5-10/h1-8,15H,9H2,(H,19,22)(H,20,21). The van der Waals surface area contributed by atoms with Crippen LogP contribution >= 0.6 is 0 Å². The van der Waals surface area contributed by atoms with Crippen molar-refractivity contribution >= 4 is 17.7 Å². The molecule has 2 aromatic rings. The number of benzene rings is 2. The molecule has 0 heterocycles. The lowest BCUT2D eigenvalue weighted by Crippen LogP contribution is -2.15. The number of carbonyl (C=O) groups is 2. The quantitative estimate of drug-likeness (QED) is 0.839. The molecule has 0 atom stereocenters. The van der Waals surface area contributed by atoms with Crippen molar-refractivity contribution in [1.82, 2.24) is 0 Å². The lowest BCUT2D eigenvalue weighted by molar-refractivity contribution is -0.0494. The molecule has 0 radical (unpaired) electrons. The third-order valence-electron chi connectivity index (χ3n) is 2.89. The van der Waals surface area contributed by atoms with Gasteiger partial charge in [0.25, 0.3) is 0 Å². The minimum absolute atomic E-state index is 0.00901. The van der Waals surface area contributed by atoms with E-state index in [2.05, 4.69) is 10.1 Å². The van der Waals surface area contributed by atoms with Gasteiger partial charge in [-0.2, -0.15) is 8.78 Å². The molecule has 8 heteroatoms. The first-order valence-electron chi connectivity index (χ1n) is 6.75. The number of aromatic carboxylic acids is 1. The SMILES string of the molecule is O=C(Nc1ccc(C(=O)O)cc1OC(F)F)OCc1ccccc1. The molecule has 0 aromatic heterocycles. The summed E-state index contributed by atoms with van der Waals surface area (Å²) in [6.45, 7) is -3.18. The first-order chi connectivity index (χ1) is 11.5. The van der Waals surface area contributed by atoms with Crippen LogP contribution in [0.1, 0.15) is 15.9 Å². The van der Waals surface area contributed by atoms with Crippen molar-refractivity contribution in [2.24, 2.45) is 0 Å². The number of carboxylic acid groups (broad SMARTS) is 1. The predicted octanol–water partition coefficient (Wildman–Crippen LogP) is 3.73. The van der Waals surface area contributed by atoms with E-state index in [0.29, 0.717) is 0 Å². The zero-order valence-corrected chi connectivity index (χ0v) is 12.2. The molecule has 6 nitrogen and oxygen atoms in total. The summed E-state index contributed by atoms with van der Waals surface area (Å²) in [6.07, 6.45) is -0.888. The van der Waals surface area contributed by atoms with Crippen molar-refractivity contribution in [3.05, 3.63) is 59.7 Å². The van der Waals surface area contributed by atoms with E-state index in [4.69, 9.17) is 9.84 Å². The molecule has 0 spiro atoms. The molecule has 2 rings (SSSR count). The molecule has 1 amide bonds. The maximum Gasteiger partial charge on any atom is 0.412 e. The molecule has 0 fully saturated rings. The van der Waals surface area contributed by atoms with Gasteiger partial charge in [-0.05, 0) is 23.8 Å². The average molecular weight is 337 g/mol. The Balaban J connectivity index is 2.07. The number of hydrogen-bond donors (Lipinski definition) is 2. The Bertz CT molecular complexity index is 722. The topological polar surface area (TPSA) is 84.9 Å². The van der Waals surface area contributed by atoms with Gasteiger partial charge in [0.15, 0.2) is 5.75 Å². The summed E-state index contributed by atoms with van der Waals surface area (Å²) in [7, 11) is 0. The number of ether oxygens (including phenoxy) is 2. The Morgan fingerprint density at radius 2 is 1.83 bits per heavy atom. The number of nitrogens with one attached hydrogen (secondary N) is 1. The van der Waals surface area contributed by atoms with Gasteiger partial charge in [-0.1, -0.05) is 30.3 Å². The third kappa shape index (κ3) is 4.94. The minimum Gasteiger partial charge on any atom is -0.478 e. The van der Waals surface area contributed by atoms with Crippen LogP contribution in [0.5, 0.6) is 5.75 Å². The van der Waals surface area contributed by atoms with Gasteiger partial charge in [0.1, 0.15) is 6.61 Å². The number of rotatable bonds is 6. The van der Waals surface area contributed by atoms with E-state index in [1.807, 2.05) is 6.07 Å². The second kappa shape index (κ2) is 7.91. The summed E-state index contributed by atoms with van der Waals surface area (Å²) in [5.74, 6) is -1.78. The van der Waals surface area contributed by atoms with E-state index in [9.17, 15) is 18.4 Å². The lowest BCUT2D eigenvalue weighted by Gasteiger charge is -2.13. The molecular weight excluding hydrogens is 324 g/mol. The van der Waals surface area contributed by atoms with Gasteiger partial charge in [0, 0.05) is 0 Å². The van der Waals surface area contributed by atoms with Gasteiger partial charge in [-0.15, -0.1) is 0 Å². The summed E-state index contributed by atoms with van der Waals surface area (Å²) in [5.41, 5.74) is 0.366. The number of anilines is 1. The van der Waals surface area contributed by atoms with Crippen LogP contribution < -0.4 is 10.1 Å². The van der Waals surface area contributed by atoms with Crippen LogP contribution in [-0.4, -0.2) is 23.8 Å². The van der Waals surface area contributed by atoms with E-state index < -0.39 is 24.4 Å². The fraction of sp³-hybridized carbons (Fsp3) is 0.125. The molecule has 0 unspecified atom stereocenters. The van der Waals surface area contributed by atoms with Gasteiger partial charge < -0.3 is 14.6 Å². The van der Waals surface area contributed by atoms with Crippen molar-refractivity contribution in [2.45, 2.75) is 13.2 Å². The van der Waals surface area contributed by atoms with Crippen LogP contribution in [0.2, 0.25) is 0 Å². The maximum absolute atomic E-state index is 12.4. The molecule has 0 aliphatic rings. The number of hydrogen-bond acceptors (Lipinski definition) is 4. The van der Waals surface area contributed by atoms with Crippen LogP contribution in [-0.2, 0) is 11.3 Å². The van der Waals surface area contributed by atoms with Gasteiger partial charge in [0.05, 0.1) is 11.3 Å². The van der Waals surface area contributed by atoms with Crippen LogP contribution in [0.25, 0.3) is 0 Å². The van der Waals surface area contributed by atoms with Crippen molar-refractivity contribution in [1.29, 1.82) is 0 Å². The first kappa shape index (κ1) is 17.2. The van der Waals surface area contributed by atoms with Gasteiger partial charge in [0.2, 0.25) is 0 Å². The normalized spacial score (nSPS) is 10.3. The molecule has 0 aliphatic carbocycles. The third-order valence-corrected chi connectivity index (χ3v) is 2.89. The maximum atomic E-state index is 12.4. The molecule has 2 N–H and O–H groups in total. The summed E-state index contributed by atoms with van der Waals surface area (Å²) >= 11 is 0. The second-order valence-electron chi connectivity index (χ2n) is 4.58. The van der Waals surface area contributed by atoms with Gasteiger partial charge in [-0.25, -0.2) is 9.59 Å². The zero-order chi connectivity index (χ0) is 17.5. The number of amides is 1. The Morgan fingerprint density at radius 3 is 2.46 bits per heavy atom. The highest BCUT2D eigenvalue weighted by Gasteiger charge is 2.15. The Labute approximate surface area is 135 Å². The van der Waals surface area contributed by atoms with Gasteiger partial charge in [-0.3, -0.25) is 5.32 Å². The molecule has 0 aliphatic heterocycles. The highest BCUT2D eigenvalue weighted by atomic mass is 19.3. The molecule has 126 valence electrons. The highest BCUT2D eigenvalue weighted by molar-refractivity contribution is 5.91. The van der Waals surface area contributed by atoms with Crippen molar-refractivity contribution < 1.29 is 33.0 Å². The molecule has 0 bridgehead atoms. The minimum atomic E-state index is -3.17. The smallest absolute Gasteiger partial charge is 0.412 e. The average Bonchev–Trinajstić information content (AvgIpc) is 2.55. The summed E-state index contributed by atoms with van der Waals surface area (Å²) in [5, 5.41) is 11.1. The van der Waals surface area contributed by atoms with E-state index in [1.165, 1.54) is 0 Å². The Kier molecular flexibility index (Phi) is 5.67. The van der Waals surface area contributed by atoms with E-state index >= 15 is 0 Å². The van der Waals surface area contributed by atoms with Crippen LogP contribution in [0.3, 0.4) is 0 Å². The summed E-state index contributed by atoms with van der Waals surface area (Å²) in [6, 6.07) is 12.0. The van der Waals surface area contributed by atoms with Crippen molar-refractivity contribution in [3.63, 3.8) is 0 Å². The van der Waals surface area contributed by atoms with Crippen LogP contribution in [0, 0.1) is 0 Å². The van der Waals surface area contributed by atoms with E-state index in [1.54, 1.807) is 24.3 Å². The molecule has 0 saturated carbocycles. The van der Waals surface area contributed by atoms with Gasteiger partial charge >= 0.3 is 18.7 Å². The highest BCUT2D eigenvalue weighted by Crippen LogP contribution is 2.28. The number of carboxylic acids is 1. The Hall–Kier alpha value is -3.16. The van der Waals surface area contributed by atoms with Crippen molar-refractivity contribution in [2.75, 3.05) is 5.32 Å². The fourth-order valence-corrected chi connectivity index (χ4v) is 1.82. The largest absolute Gasteiger partial charge is 0.478 e. The zero-order valence-electron chi connectivity index (χ0n) is 12.2.